The number of amides is 2. The van der Waals surface area contributed by atoms with Crippen LogP contribution < -0.4 is 19.7 Å². The van der Waals surface area contributed by atoms with Crippen molar-refractivity contribution in [3.63, 3.8) is 0 Å². The molecule has 4 aliphatic heterocycles. The smallest absolute Gasteiger partial charge is 0.234 e. The topological polar surface area (TPSA) is 90.0 Å². The summed E-state index contributed by atoms with van der Waals surface area (Å²) in [7, 11) is 0. The van der Waals surface area contributed by atoms with Gasteiger partial charge in [-0.25, -0.2) is 4.98 Å². The van der Waals surface area contributed by atoms with Gasteiger partial charge in [0.15, 0.2) is 16.6 Å². The van der Waals surface area contributed by atoms with Crippen molar-refractivity contribution >= 4 is 34.0 Å². The Kier molecular flexibility index (Phi) is 3.19. The lowest BCUT2D eigenvalue weighted by Crippen LogP contribution is -2.41. The lowest BCUT2D eigenvalue weighted by atomic mass is 9.77. The standard InChI is InChI=1S/C19H15N3O5S/c23-16(21-18-20-5-6-28-18)14-12-3-4-19(27-12)8-22(17(24)15(14)19)10-1-2-11-13(7-10)26-9-25-11/h1-7,12,14-15H,8-9H2,(H,20,21,23)/t12-,14+,15-,19+/m1/s1. The maximum atomic E-state index is 13.3. The largest absolute Gasteiger partial charge is 0.454 e. The van der Waals surface area contributed by atoms with Crippen LogP contribution in [0.3, 0.4) is 0 Å². The van der Waals surface area contributed by atoms with Gasteiger partial charge in [-0.15, -0.1) is 11.3 Å². The Morgan fingerprint density at radius 1 is 1.32 bits per heavy atom. The van der Waals surface area contributed by atoms with E-state index in [1.165, 1.54) is 11.3 Å². The van der Waals surface area contributed by atoms with Crippen molar-refractivity contribution in [2.75, 3.05) is 23.6 Å². The second kappa shape index (κ2) is 5.55. The van der Waals surface area contributed by atoms with E-state index in [1.54, 1.807) is 28.6 Å². The van der Waals surface area contributed by atoms with Crippen LogP contribution in [0.15, 0.2) is 41.9 Å². The number of hydrogen-bond donors (Lipinski definition) is 1. The molecule has 0 radical (unpaired) electrons. The van der Waals surface area contributed by atoms with Crippen LogP contribution in [-0.2, 0) is 14.3 Å². The Labute approximate surface area is 163 Å². The molecule has 6 rings (SSSR count). The molecule has 0 saturated carbocycles. The quantitative estimate of drug-likeness (QED) is 0.795. The van der Waals surface area contributed by atoms with Gasteiger partial charge in [-0.05, 0) is 12.1 Å². The molecule has 2 saturated heterocycles. The van der Waals surface area contributed by atoms with Gasteiger partial charge in [-0.1, -0.05) is 12.2 Å². The Hall–Kier alpha value is -2.91. The zero-order valence-corrected chi connectivity index (χ0v) is 15.3. The Balaban J connectivity index is 1.32. The number of carbonyl (C=O) groups is 2. The predicted octanol–water partition coefficient (Wildman–Crippen LogP) is 1.80. The van der Waals surface area contributed by atoms with Crippen LogP contribution in [0.25, 0.3) is 0 Å². The highest BCUT2D eigenvalue weighted by Gasteiger charge is 2.67. The fraction of sp³-hybridized carbons (Fsp3) is 0.316. The number of nitrogens with one attached hydrogen (secondary N) is 1. The number of thiazole rings is 1. The number of aromatic nitrogens is 1. The molecule has 1 spiro atoms. The molecule has 2 aromatic rings. The summed E-state index contributed by atoms with van der Waals surface area (Å²) in [6, 6.07) is 5.40. The molecule has 5 heterocycles. The van der Waals surface area contributed by atoms with E-state index in [9.17, 15) is 9.59 Å². The van der Waals surface area contributed by atoms with Gasteiger partial charge < -0.3 is 24.4 Å². The van der Waals surface area contributed by atoms with Crippen LogP contribution in [0, 0.1) is 11.8 Å². The summed E-state index contributed by atoms with van der Waals surface area (Å²) < 4.78 is 16.9. The number of rotatable bonds is 3. The van der Waals surface area contributed by atoms with E-state index in [-0.39, 0.29) is 18.6 Å². The van der Waals surface area contributed by atoms with Crippen molar-refractivity contribution in [3.05, 3.63) is 41.9 Å². The number of anilines is 2. The predicted molar refractivity (Wildman–Crippen MR) is 99.4 cm³/mol. The number of ether oxygens (including phenoxy) is 3. The molecular formula is C19H15N3O5S. The van der Waals surface area contributed by atoms with Crippen LogP contribution >= 0.6 is 11.3 Å². The van der Waals surface area contributed by atoms with Crippen LogP contribution in [-0.4, -0.2) is 41.8 Å². The first-order chi connectivity index (χ1) is 13.6. The molecule has 2 amide bonds. The maximum Gasteiger partial charge on any atom is 0.234 e. The van der Waals surface area contributed by atoms with E-state index in [2.05, 4.69) is 10.3 Å². The SMILES string of the molecule is O=C(Nc1nccs1)[C@H]1[C@H]2C=C[C@@]3(CN(c4ccc5c(c4)OCO5)C(=O)[C@@H]13)O2. The summed E-state index contributed by atoms with van der Waals surface area (Å²) >= 11 is 1.34. The monoisotopic (exact) mass is 397 g/mol. The molecule has 28 heavy (non-hydrogen) atoms. The maximum absolute atomic E-state index is 13.3. The van der Waals surface area contributed by atoms with Crippen molar-refractivity contribution in [1.82, 2.24) is 4.98 Å². The molecule has 2 fully saturated rings. The van der Waals surface area contributed by atoms with Crippen LogP contribution in [0.2, 0.25) is 0 Å². The van der Waals surface area contributed by atoms with Gasteiger partial charge in [0.1, 0.15) is 5.60 Å². The van der Waals surface area contributed by atoms with E-state index in [0.29, 0.717) is 28.9 Å². The number of carbonyl (C=O) groups excluding carboxylic acids is 2. The molecule has 0 unspecified atom stereocenters. The van der Waals surface area contributed by atoms with E-state index in [4.69, 9.17) is 14.2 Å². The fourth-order valence-corrected chi connectivity index (χ4v) is 5.08. The third kappa shape index (κ3) is 2.11. The summed E-state index contributed by atoms with van der Waals surface area (Å²) in [6.07, 6.45) is 5.05. The van der Waals surface area contributed by atoms with Crippen LogP contribution in [0.5, 0.6) is 11.5 Å². The Bertz CT molecular complexity index is 1020. The third-order valence-electron chi connectivity index (χ3n) is 5.73. The van der Waals surface area contributed by atoms with E-state index in [1.807, 2.05) is 18.2 Å². The van der Waals surface area contributed by atoms with Crippen molar-refractivity contribution in [2.45, 2.75) is 11.7 Å². The van der Waals surface area contributed by atoms with Crippen molar-refractivity contribution in [2.24, 2.45) is 11.8 Å². The van der Waals surface area contributed by atoms with Crippen LogP contribution in [0.1, 0.15) is 0 Å². The van der Waals surface area contributed by atoms with Gasteiger partial charge in [-0.3, -0.25) is 9.59 Å². The Morgan fingerprint density at radius 3 is 3.07 bits per heavy atom. The van der Waals surface area contributed by atoms with Gasteiger partial charge in [0.05, 0.1) is 24.5 Å². The van der Waals surface area contributed by atoms with Crippen molar-refractivity contribution < 1.29 is 23.8 Å². The second-order valence-electron chi connectivity index (χ2n) is 7.19. The molecule has 4 aliphatic rings. The fourth-order valence-electron chi connectivity index (χ4n) is 4.54. The lowest BCUT2D eigenvalue weighted by Gasteiger charge is -2.22. The lowest BCUT2D eigenvalue weighted by molar-refractivity contribution is -0.128. The minimum atomic E-state index is -0.775. The van der Waals surface area contributed by atoms with Gasteiger partial charge in [0, 0.05) is 23.3 Å². The molecule has 9 heteroatoms. The molecule has 4 atom stereocenters. The average Bonchev–Trinajstić information content (AvgIpc) is 3.49. The highest BCUT2D eigenvalue weighted by Crippen LogP contribution is 2.53. The summed E-state index contributed by atoms with van der Waals surface area (Å²) in [4.78, 5) is 32.0. The zero-order chi connectivity index (χ0) is 18.9. The van der Waals surface area contributed by atoms with E-state index >= 15 is 0 Å². The van der Waals surface area contributed by atoms with E-state index in [0.717, 1.165) is 0 Å². The van der Waals surface area contributed by atoms with Gasteiger partial charge in [0.2, 0.25) is 18.6 Å². The molecule has 1 aromatic heterocycles. The first-order valence-electron chi connectivity index (χ1n) is 8.93. The minimum Gasteiger partial charge on any atom is -0.454 e. The molecule has 1 N–H and O–H groups in total. The normalized spacial score (nSPS) is 31.5. The molecule has 0 aliphatic carbocycles. The highest BCUT2D eigenvalue weighted by molar-refractivity contribution is 7.13. The van der Waals surface area contributed by atoms with E-state index < -0.39 is 23.5 Å². The first-order valence-corrected chi connectivity index (χ1v) is 9.81. The number of benzene rings is 1. The molecule has 142 valence electrons. The highest BCUT2D eigenvalue weighted by atomic mass is 32.1. The zero-order valence-electron chi connectivity index (χ0n) is 14.5. The van der Waals surface area contributed by atoms with Crippen molar-refractivity contribution in [1.29, 1.82) is 0 Å². The average molecular weight is 397 g/mol. The number of hydrogen-bond acceptors (Lipinski definition) is 7. The van der Waals surface area contributed by atoms with Gasteiger partial charge in [-0.2, -0.15) is 0 Å². The molecule has 1 aromatic carbocycles. The third-order valence-corrected chi connectivity index (χ3v) is 6.42. The van der Waals surface area contributed by atoms with Crippen LogP contribution in [0.4, 0.5) is 10.8 Å². The van der Waals surface area contributed by atoms with Gasteiger partial charge in [0.25, 0.3) is 0 Å². The summed E-state index contributed by atoms with van der Waals surface area (Å²) in [6.45, 7) is 0.538. The number of nitrogens with zero attached hydrogens (tertiary/aromatic N) is 2. The Morgan fingerprint density at radius 2 is 2.21 bits per heavy atom. The number of fused-ring (bicyclic) bond motifs is 2. The van der Waals surface area contributed by atoms with Crippen molar-refractivity contribution in [3.8, 4) is 11.5 Å². The summed E-state index contributed by atoms with van der Waals surface area (Å²) in [5, 5.41) is 5.12. The molecular weight excluding hydrogens is 382 g/mol. The summed E-state index contributed by atoms with van der Waals surface area (Å²) in [5.41, 5.74) is -0.0687. The minimum absolute atomic E-state index is 0.120. The first kappa shape index (κ1) is 16.1. The molecule has 8 nitrogen and oxygen atoms in total. The second-order valence-corrected chi connectivity index (χ2v) is 8.08. The molecule has 2 bridgehead atoms. The van der Waals surface area contributed by atoms with Gasteiger partial charge >= 0.3 is 0 Å². The summed E-state index contributed by atoms with van der Waals surface area (Å²) in [5.74, 6) is -0.236.